The number of esters is 1. The Bertz CT molecular complexity index is 952. The fourth-order valence-electron chi connectivity index (χ4n) is 2.62. The van der Waals surface area contributed by atoms with E-state index in [2.05, 4.69) is 4.98 Å². The number of nitrogens with zero attached hydrogens (tertiary/aromatic N) is 2. The molecule has 146 valence electrons. The van der Waals surface area contributed by atoms with Crippen molar-refractivity contribution in [3.05, 3.63) is 59.1 Å². The maximum Gasteiger partial charge on any atom is 0.338 e. The smallest absolute Gasteiger partial charge is 0.338 e. The van der Waals surface area contributed by atoms with Crippen LogP contribution < -0.4 is 4.74 Å². The van der Waals surface area contributed by atoms with Crippen LogP contribution in [0.25, 0.3) is 10.2 Å². The lowest BCUT2D eigenvalue weighted by Gasteiger charge is -2.23. The van der Waals surface area contributed by atoms with Crippen molar-refractivity contribution in [2.24, 2.45) is 0 Å². The molecule has 3 aromatic rings. The molecular formula is C21H22N2O4S. The molecule has 0 aliphatic rings. The predicted molar refractivity (Wildman–Crippen MR) is 109 cm³/mol. The summed E-state index contributed by atoms with van der Waals surface area (Å²) in [4.78, 5) is 30.6. The van der Waals surface area contributed by atoms with Gasteiger partial charge in [0.2, 0.25) is 0 Å². The normalized spacial score (nSPS) is 11.8. The fraction of sp³-hybridized carbons (Fsp3) is 0.286. The number of fused-ring (bicyclic) bond motifs is 1. The Morgan fingerprint density at radius 1 is 1.18 bits per heavy atom. The Hall–Kier alpha value is -2.93. The number of rotatable bonds is 7. The molecule has 0 spiro atoms. The average Bonchev–Trinajstić information content (AvgIpc) is 3.15. The Morgan fingerprint density at radius 2 is 1.96 bits per heavy atom. The molecule has 28 heavy (non-hydrogen) atoms. The van der Waals surface area contributed by atoms with Crippen molar-refractivity contribution < 1.29 is 19.1 Å². The molecule has 7 heteroatoms. The maximum absolute atomic E-state index is 12.6. The molecule has 0 aliphatic carbocycles. The van der Waals surface area contributed by atoms with Gasteiger partial charge in [0, 0.05) is 7.05 Å². The van der Waals surface area contributed by atoms with Crippen LogP contribution in [0, 0.1) is 0 Å². The minimum absolute atomic E-state index is 0.127. The SMILES string of the molecule is CCOC(=O)c1cccc(OCC(=O)N(C)[C@H](C)c2nc3ccccc3s2)c1. The Kier molecular flexibility index (Phi) is 6.26. The molecule has 0 bridgehead atoms. The highest BCUT2D eigenvalue weighted by Crippen LogP contribution is 2.28. The number of para-hydroxylation sites is 1. The highest BCUT2D eigenvalue weighted by Gasteiger charge is 2.21. The van der Waals surface area contributed by atoms with Crippen molar-refractivity contribution in [2.45, 2.75) is 19.9 Å². The first kappa shape index (κ1) is 19.8. The summed E-state index contributed by atoms with van der Waals surface area (Å²) < 4.78 is 11.7. The second-order valence-corrected chi connectivity index (χ2v) is 7.30. The van der Waals surface area contributed by atoms with Crippen LogP contribution in [-0.4, -0.2) is 42.0 Å². The van der Waals surface area contributed by atoms with E-state index in [-0.39, 0.29) is 18.6 Å². The highest BCUT2D eigenvalue weighted by molar-refractivity contribution is 7.18. The molecule has 3 rings (SSSR count). The van der Waals surface area contributed by atoms with E-state index in [4.69, 9.17) is 9.47 Å². The lowest BCUT2D eigenvalue weighted by atomic mass is 10.2. The summed E-state index contributed by atoms with van der Waals surface area (Å²) in [5.41, 5.74) is 1.32. The molecule has 0 unspecified atom stereocenters. The zero-order valence-electron chi connectivity index (χ0n) is 16.0. The van der Waals surface area contributed by atoms with Gasteiger partial charge in [-0.25, -0.2) is 9.78 Å². The van der Waals surface area contributed by atoms with Gasteiger partial charge in [-0.2, -0.15) is 0 Å². The van der Waals surface area contributed by atoms with Crippen LogP contribution in [0.4, 0.5) is 0 Å². The molecule has 1 heterocycles. The number of likely N-dealkylation sites (N-methyl/N-ethyl adjacent to an activating group) is 1. The average molecular weight is 398 g/mol. The van der Waals surface area contributed by atoms with Gasteiger partial charge in [0.1, 0.15) is 10.8 Å². The topological polar surface area (TPSA) is 68.7 Å². The van der Waals surface area contributed by atoms with Crippen LogP contribution >= 0.6 is 11.3 Å². The standard InChI is InChI=1S/C21H22N2O4S/c1-4-26-21(25)15-8-7-9-16(12-15)27-13-19(24)23(3)14(2)20-22-17-10-5-6-11-18(17)28-20/h5-12,14H,4,13H2,1-3H3/t14-/m1/s1. The molecule has 0 aliphatic heterocycles. The number of benzene rings is 2. The van der Waals surface area contributed by atoms with Crippen LogP contribution in [0.1, 0.15) is 35.3 Å². The number of hydrogen-bond donors (Lipinski definition) is 0. The summed E-state index contributed by atoms with van der Waals surface area (Å²) in [7, 11) is 1.73. The molecule has 0 saturated carbocycles. The van der Waals surface area contributed by atoms with Gasteiger partial charge in [0.25, 0.3) is 5.91 Å². The van der Waals surface area contributed by atoms with E-state index in [0.29, 0.717) is 17.9 Å². The van der Waals surface area contributed by atoms with Gasteiger partial charge in [-0.3, -0.25) is 4.79 Å². The van der Waals surface area contributed by atoms with Gasteiger partial charge < -0.3 is 14.4 Å². The van der Waals surface area contributed by atoms with Gasteiger partial charge in [-0.15, -0.1) is 11.3 Å². The van der Waals surface area contributed by atoms with Gasteiger partial charge in [0.15, 0.2) is 6.61 Å². The zero-order valence-corrected chi connectivity index (χ0v) is 16.9. The zero-order chi connectivity index (χ0) is 20.1. The van der Waals surface area contributed by atoms with Crippen LogP contribution in [-0.2, 0) is 9.53 Å². The van der Waals surface area contributed by atoms with Gasteiger partial charge in [-0.1, -0.05) is 18.2 Å². The third kappa shape index (κ3) is 4.48. The molecule has 0 N–H and O–H groups in total. The molecule has 2 aromatic carbocycles. The molecule has 6 nitrogen and oxygen atoms in total. The van der Waals surface area contributed by atoms with Gasteiger partial charge >= 0.3 is 5.97 Å². The van der Waals surface area contributed by atoms with Crippen LogP contribution in [0.5, 0.6) is 5.75 Å². The van der Waals surface area contributed by atoms with Crippen molar-refractivity contribution in [1.29, 1.82) is 0 Å². The molecule has 0 radical (unpaired) electrons. The number of ether oxygens (including phenoxy) is 2. The monoisotopic (exact) mass is 398 g/mol. The molecule has 1 aromatic heterocycles. The van der Waals surface area contributed by atoms with Crippen molar-refractivity contribution >= 4 is 33.4 Å². The van der Waals surface area contributed by atoms with E-state index in [1.807, 2.05) is 31.2 Å². The number of hydrogen-bond acceptors (Lipinski definition) is 6. The Labute approximate surface area is 167 Å². The molecular weight excluding hydrogens is 376 g/mol. The largest absolute Gasteiger partial charge is 0.484 e. The van der Waals surface area contributed by atoms with Gasteiger partial charge in [-0.05, 0) is 44.2 Å². The summed E-state index contributed by atoms with van der Waals surface area (Å²) in [6, 6.07) is 14.3. The maximum atomic E-state index is 12.6. The first-order valence-corrected chi connectivity index (χ1v) is 9.82. The van der Waals surface area contributed by atoms with E-state index >= 15 is 0 Å². The lowest BCUT2D eigenvalue weighted by molar-refractivity contribution is -0.134. The molecule has 0 saturated heterocycles. The third-order valence-electron chi connectivity index (χ3n) is 4.35. The van der Waals surface area contributed by atoms with E-state index in [1.54, 1.807) is 54.5 Å². The highest BCUT2D eigenvalue weighted by atomic mass is 32.1. The number of amides is 1. The second kappa shape index (κ2) is 8.84. The Balaban J connectivity index is 1.62. The van der Waals surface area contributed by atoms with Gasteiger partial charge in [0.05, 0.1) is 28.4 Å². The number of carbonyl (C=O) groups excluding carboxylic acids is 2. The van der Waals surface area contributed by atoms with Crippen LogP contribution in [0.15, 0.2) is 48.5 Å². The lowest BCUT2D eigenvalue weighted by Crippen LogP contribution is -2.33. The van der Waals surface area contributed by atoms with Crippen molar-refractivity contribution in [2.75, 3.05) is 20.3 Å². The van der Waals surface area contributed by atoms with Crippen LogP contribution in [0.2, 0.25) is 0 Å². The van der Waals surface area contributed by atoms with Crippen molar-refractivity contribution in [3.63, 3.8) is 0 Å². The van der Waals surface area contributed by atoms with E-state index < -0.39 is 5.97 Å². The van der Waals surface area contributed by atoms with Crippen molar-refractivity contribution in [1.82, 2.24) is 9.88 Å². The molecule has 1 amide bonds. The summed E-state index contributed by atoms with van der Waals surface area (Å²) in [5.74, 6) is -0.144. The first-order valence-electron chi connectivity index (χ1n) is 9.00. The summed E-state index contributed by atoms with van der Waals surface area (Å²) in [5, 5.41) is 0.876. The molecule has 1 atom stereocenters. The quantitative estimate of drug-likeness (QED) is 0.561. The number of carbonyl (C=O) groups is 2. The number of thiazole rings is 1. The third-order valence-corrected chi connectivity index (χ3v) is 5.56. The van der Waals surface area contributed by atoms with E-state index in [9.17, 15) is 9.59 Å². The fourth-order valence-corrected chi connectivity index (χ4v) is 3.69. The second-order valence-electron chi connectivity index (χ2n) is 6.24. The van der Waals surface area contributed by atoms with Crippen molar-refractivity contribution in [3.8, 4) is 5.75 Å². The summed E-state index contributed by atoms with van der Waals surface area (Å²) >= 11 is 1.58. The first-order chi connectivity index (χ1) is 13.5. The summed E-state index contributed by atoms with van der Waals surface area (Å²) in [6.07, 6.45) is 0. The van der Waals surface area contributed by atoms with E-state index in [0.717, 1.165) is 15.2 Å². The molecule has 0 fully saturated rings. The van der Waals surface area contributed by atoms with E-state index in [1.165, 1.54) is 0 Å². The summed E-state index contributed by atoms with van der Waals surface area (Å²) in [6.45, 7) is 3.87. The predicted octanol–water partition coefficient (Wildman–Crippen LogP) is 4.07. The number of aromatic nitrogens is 1. The van der Waals surface area contributed by atoms with Crippen LogP contribution in [0.3, 0.4) is 0 Å². The minimum atomic E-state index is -0.416. The Morgan fingerprint density at radius 3 is 2.71 bits per heavy atom. The minimum Gasteiger partial charge on any atom is -0.484 e.